The molecule has 12 heteroatoms. The zero-order valence-electron chi connectivity index (χ0n) is 70.2. The van der Waals surface area contributed by atoms with Crippen LogP contribution in [0.5, 0.6) is 23.0 Å². The van der Waals surface area contributed by atoms with Crippen molar-refractivity contribution < 1.29 is 28.8 Å². The Morgan fingerprint density at radius 1 is 0.368 bits per heavy atom. The van der Waals surface area contributed by atoms with E-state index in [2.05, 4.69) is 190 Å². The maximum atomic E-state index is 11.9. The third kappa shape index (κ3) is 29.0. The van der Waals surface area contributed by atoms with Gasteiger partial charge in [-0.1, -0.05) is 307 Å². The van der Waals surface area contributed by atoms with Gasteiger partial charge in [-0.2, -0.15) is 5.26 Å². The number of nitrogens with zero attached hydrogens (tertiary/aromatic N) is 4. The van der Waals surface area contributed by atoms with Gasteiger partial charge in [0.15, 0.2) is 0 Å². The second-order valence-corrected chi connectivity index (χ2v) is 31.4. The number of aromatic amines is 2. The third-order valence-corrected chi connectivity index (χ3v) is 21.9. The molecular formula is C102H132N6O6. The molecule has 0 fully saturated rings. The quantitative estimate of drug-likeness (QED) is 0.0145. The van der Waals surface area contributed by atoms with E-state index in [1.165, 1.54) is 212 Å². The fraction of sp³-hybridized carbons (Fsp3) is 0.490. The normalized spacial score (nSPS) is 11.6. The van der Waals surface area contributed by atoms with Gasteiger partial charge in [0, 0.05) is 53.1 Å². The molecule has 5 heterocycles. The number of hydrogen-bond acceptors (Lipinski definition) is 9. The van der Waals surface area contributed by atoms with E-state index in [9.17, 15) is 15.2 Å². The number of unbranched alkanes of at least 4 members (excludes halogenated alkanes) is 36. The number of aliphatic carboxylic acids is 1. The van der Waals surface area contributed by atoms with Crippen molar-refractivity contribution in [1.82, 2.24) is 19.9 Å². The number of carboxylic acid groups (broad SMARTS) is 1. The predicted molar refractivity (Wildman–Crippen MR) is 479 cm³/mol. The molecule has 4 aromatic carbocycles. The van der Waals surface area contributed by atoms with Gasteiger partial charge in [-0.15, -0.1) is 0 Å². The summed E-state index contributed by atoms with van der Waals surface area (Å²) < 4.78 is 28.3. The van der Waals surface area contributed by atoms with E-state index in [0.29, 0.717) is 94.5 Å². The standard InChI is InChI=1S/C102H132N6O6/c1-7-11-15-19-23-27-31-35-39-43-73-111-94-49-47-50-95(112-74-44-40-36-32-28-24-20-16-12-8-2)100(94)98-90-69-65-86(104-90)84(63-59-79-53-55-81(56-54-79)77-82(78-103)102(109)110)87-66-70-91(105-87)99(93-72-68-89(107-93)85(88-67-71-92(98)106-88)64-60-80-57-61-83(62-58-80)108(5)6)101-96(113-75-45-41-37-33-29-25-21-17-13-9-3)51-48-52-97(101)114-76-46-42-38-34-30-26-22-18-14-10-4/h47-58,61-62,65-72,77,104,107H,7-46,73-76H2,1-6H3,(H,109,110)/b82-77-,86-84?,87-84?,88-85?,89-85?,98-90?,98-92?,99-91?,99-93?. The van der Waals surface area contributed by atoms with Crippen molar-refractivity contribution in [1.29, 1.82) is 5.26 Å². The minimum absolute atomic E-state index is 0.353. The lowest BCUT2D eigenvalue weighted by atomic mass is 10.0. The first-order valence-corrected chi connectivity index (χ1v) is 44.3. The van der Waals surface area contributed by atoms with Crippen molar-refractivity contribution in [2.45, 2.75) is 285 Å². The molecule has 2 aliphatic heterocycles. The zero-order valence-corrected chi connectivity index (χ0v) is 70.2. The molecule has 2 aliphatic rings. The molecule has 12 nitrogen and oxygen atoms in total. The Morgan fingerprint density at radius 3 is 0.956 bits per heavy atom. The number of fused-ring (bicyclic) bond motifs is 8. The van der Waals surface area contributed by atoms with Crippen molar-refractivity contribution in [3.05, 3.63) is 165 Å². The molecule has 0 spiro atoms. The molecular weight excluding hydrogens is 1410 g/mol. The van der Waals surface area contributed by atoms with Crippen molar-refractivity contribution in [3.63, 3.8) is 0 Å². The Balaban J connectivity index is 1.24. The van der Waals surface area contributed by atoms with Gasteiger partial charge in [0.05, 0.1) is 82.5 Å². The summed E-state index contributed by atoms with van der Waals surface area (Å²) in [5.74, 6) is 16.0. The van der Waals surface area contributed by atoms with Crippen LogP contribution in [-0.2, 0) is 4.79 Å². The molecule has 0 aliphatic carbocycles. The number of aromatic nitrogens is 4. The van der Waals surface area contributed by atoms with E-state index in [1.54, 1.807) is 18.2 Å². The second kappa shape index (κ2) is 51.2. The fourth-order valence-corrected chi connectivity index (χ4v) is 15.2. The summed E-state index contributed by atoms with van der Waals surface area (Å²) in [6.45, 7) is 11.3. The smallest absolute Gasteiger partial charge is 0.346 e. The van der Waals surface area contributed by atoms with Crippen LogP contribution in [-0.4, -0.2) is 71.5 Å². The van der Waals surface area contributed by atoms with Gasteiger partial charge in [0.2, 0.25) is 0 Å². The minimum atomic E-state index is -1.28. The molecule has 0 unspecified atom stereocenters. The highest BCUT2D eigenvalue weighted by Crippen LogP contribution is 2.46. The van der Waals surface area contributed by atoms with Gasteiger partial charge >= 0.3 is 5.97 Å². The second-order valence-electron chi connectivity index (χ2n) is 31.4. The fourth-order valence-electron chi connectivity index (χ4n) is 15.2. The first-order valence-electron chi connectivity index (χ1n) is 44.3. The molecule has 8 bridgehead atoms. The number of hydrogen-bond donors (Lipinski definition) is 3. The average Bonchev–Trinajstić information content (AvgIpc) is 1.59. The molecule has 0 radical (unpaired) electrons. The molecule has 114 heavy (non-hydrogen) atoms. The van der Waals surface area contributed by atoms with Crippen molar-refractivity contribution in [2.24, 2.45) is 0 Å². The maximum absolute atomic E-state index is 11.9. The van der Waals surface area contributed by atoms with Crippen LogP contribution in [0, 0.1) is 35.0 Å². The molecule has 0 saturated heterocycles. The molecule has 3 aromatic heterocycles. The van der Waals surface area contributed by atoms with Crippen LogP contribution in [0.25, 0.3) is 74.7 Å². The van der Waals surface area contributed by atoms with E-state index < -0.39 is 5.97 Å². The number of H-pyrrole nitrogens is 2. The van der Waals surface area contributed by atoms with Crippen molar-refractivity contribution in [2.75, 3.05) is 45.4 Å². The molecule has 606 valence electrons. The van der Waals surface area contributed by atoms with Crippen LogP contribution in [0.1, 0.15) is 335 Å². The number of nitriles is 1. The largest absolute Gasteiger partial charge is 0.493 e. The molecule has 0 amide bonds. The van der Waals surface area contributed by atoms with Crippen LogP contribution in [0.4, 0.5) is 5.69 Å². The van der Waals surface area contributed by atoms with Gasteiger partial charge in [-0.25, -0.2) is 14.8 Å². The van der Waals surface area contributed by atoms with E-state index >= 15 is 0 Å². The Labute approximate surface area is 684 Å². The molecule has 0 saturated carbocycles. The van der Waals surface area contributed by atoms with Gasteiger partial charge in [0.1, 0.15) is 34.6 Å². The van der Waals surface area contributed by atoms with E-state index in [1.807, 2.05) is 12.1 Å². The number of benzene rings is 4. The van der Waals surface area contributed by atoms with E-state index in [0.717, 1.165) is 107 Å². The van der Waals surface area contributed by atoms with Gasteiger partial charge in [0.25, 0.3) is 0 Å². The highest BCUT2D eigenvalue weighted by Gasteiger charge is 2.25. The number of nitrogens with one attached hydrogen (secondary N) is 2. The van der Waals surface area contributed by atoms with Crippen LogP contribution in [0.2, 0.25) is 0 Å². The number of rotatable bonds is 53. The number of ether oxygens (including phenoxy) is 4. The van der Waals surface area contributed by atoms with Crippen LogP contribution < -0.4 is 23.8 Å². The Morgan fingerprint density at radius 2 is 0.658 bits per heavy atom. The van der Waals surface area contributed by atoms with Gasteiger partial charge in [-0.05, 0) is 147 Å². The number of carboxylic acids is 1. The summed E-state index contributed by atoms with van der Waals surface area (Å²) >= 11 is 0. The summed E-state index contributed by atoms with van der Waals surface area (Å²) in [5.41, 5.74) is 13.2. The minimum Gasteiger partial charge on any atom is -0.493 e. The average molecular weight is 1540 g/mol. The maximum Gasteiger partial charge on any atom is 0.346 e. The van der Waals surface area contributed by atoms with Gasteiger partial charge in [-0.3, -0.25) is 0 Å². The number of carbonyl (C=O) groups is 1. The van der Waals surface area contributed by atoms with Crippen molar-refractivity contribution >= 4 is 64.1 Å². The van der Waals surface area contributed by atoms with Gasteiger partial charge < -0.3 is 38.9 Å². The lowest BCUT2D eigenvalue weighted by Crippen LogP contribution is -2.07. The Bertz CT molecular complexity index is 4340. The summed E-state index contributed by atoms with van der Waals surface area (Å²) in [7, 11) is 4.10. The van der Waals surface area contributed by atoms with Crippen LogP contribution >= 0.6 is 0 Å². The summed E-state index contributed by atoms with van der Waals surface area (Å²) in [4.78, 5) is 33.4. The SMILES string of the molecule is CCCCCCCCCCCCOc1cccc(OCCCCCCCCCCCC)c1-c1c2nc(c(C#Cc3ccc(N(C)C)cc3)c3ccc([nH]3)c(-c3c(OCCCCCCCCCCCC)cccc3OCCCCCCCCCCCC)c3nc(c(C#Cc4ccc(/C=C(/C#N)C(=O)O)cc4)c4ccc1[nH]4)C=C3)C=C2. The Kier molecular flexibility index (Phi) is 39.6. The highest BCUT2D eigenvalue weighted by molar-refractivity contribution is 5.99. The lowest BCUT2D eigenvalue weighted by molar-refractivity contribution is -0.132. The summed E-state index contributed by atoms with van der Waals surface area (Å²) in [6.07, 6.45) is 58.6. The first-order chi connectivity index (χ1) is 56.1. The van der Waals surface area contributed by atoms with Crippen LogP contribution in [0.3, 0.4) is 0 Å². The predicted octanol–water partition coefficient (Wildman–Crippen LogP) is 28.0. The van der Waals surface area contributed by atoms with Crippen molar-refractivity contribution in [3.8, 4) is 75.0 Å². The summed E-state index contributed by atoms with van der Waals surface area (Å²) in [5, 5.41) is 19.4. The molecule has 0 atom stereocenters. The molecule has 3 N–H and O–H groups in total. The van der Waals surface area contributed by atoms with Crippen LogP contribution in [0.15, 0.2) is 115 Å². The first kappa shape index (κ1) is 88.3. The number of anilines is 1. The zero-order chi connectivity index (χ0) is 80.0. The monoisotopic (exact) mass is 1540 g/mol. The molecule has 7 aromatic rings. The lowest BCUT2D eigenvalue weighted by Gasteiger charge is -2.18. The van der Waals surface area contributed by atoms with E-state index in [4.69, 9.17) is 28.9 Å². The Hall–Kier alpha value is -9.70. The third-order valence-electron chi connectivity index (χ3n) is 21.9. The summed E-state index contributed by atoms with van der Waals surface area (Å²) in [6, 6.07) is 38.3. The highest BCUT2D eigenvalue weighted by atomic mass is 16.5. The molecule has 9 rings (SSSR count). The topological polar surface area (TPSA) is 159 Å². The van der Waals surface area contributed by atoms with E-state index in [-0.39, 0.29) is 5.57 Å².